The van der Waals surface area contributed by atoms with Crippen molar-refractivity contribution in [3.63, 3.8) is 0 Å². The van der Waals surface area contributed by atoms with Crippen LogP contribution in [0.3, 0.4) is 0 Å². The van der Waals surface area contributed by atoms with Gasteiger partial charge in [-0.2, -0.15) is 0 Å². The molecule has 0 heterocycles. The third-order valence-electron chi connectivity index (χ3n) is 1.72. The van der Waals surface area contributed by atoms with E-state index in [2.05, 4.69) is 10.6 Å². The number of rotatable bonds is 2. The van der Waals surface area contributed by atoms with Crippen molar-refractivity contribution >= 4 is 69.7 Å². The Morgan fingerprint density at radius 2 is 1.59 bits per heavy atom. The predicted molar refractivity (Wildman–Crippen MR) is 78.4 cm³/mol. The van der Waals surface area contributed by atoms with Crippen LogP contribution >= 0.6 is 24.4 Å². The van der Waals surface area contributed by atoms with Gasteiger partial charge >= 0.3 is 59.1 Å². The first-order valence-corrected chi connectivity index (χ1v) is 5.69. The average Bonchev–Trinajstić information content (AvgIpc) is 2.09. The molecule has 0 aromatic heterocycles. The van der Waals surface area contributed by atoms with Crippen LogP contribution in [0.2, 0.25) is 0 Å². The Balaban J connectivity index is 0. The second-order valence-electron chi connectivity index (χ2n) is 2.85. The Morgan fingerprint density at radius 3 is 2.06 bits per heavy atom. The van der Waals surface area contributed by atoms with E-state index in [4.69, 9.17) is 49.7 Å². The molecular formula is C9H8N2Na2S4. The summed E-state index contributed by atoms with van der Waals surface area (Å²) >= 11 is 19.2. The van der Waals surface area contributed by atoms with Crippen molar-refractivity contribution in [1.29, 1.82) is 0 Å². The molecule has 8 heteroatoms. The van der Waals surface area contributed by atoms with Gasteiger partial charge in [-0.15, -0.1) is 0 Å². The third-order valence-corrected chi connectivity index (χ3v) is 2.13. The molecule has 1 aromatic rings. The van der Waals surface area contributed by atoms with E-state index in [0.717, 1.165) is 16.9 Å². The fourth-order valence-electron chi connectivity index (χ4n) is 1.06. The van der Waals surface area contributed by atoms with E-state index in [1.165, 1.54) is 0 Å². The molecule has 1 rings (SSSR count). The molecule has 0 aliphatic heterocycles. The summed E-state index contributed by atoms with van der Waals surface area (Å²) in [5.41, 5.74) is 2.75. The summed E-state index contributed by atoms with van der Waals surface area (Å²) in [6.07, 6.45) is 0. The number of anilines is 2. The molecular weight excluding hydrogens is 310 g/mol. The monoisotopic (exact) mass is 318 g/mol. The smallest absolute Gasteiger partial charge is 0.411 e. The topological polar surface area (TPSA) is 24.1 Å². The van der Waals surface area contributed by atoms with Crippen LogP contribution in [-0.2, 0) is 25.3 Å². The molecule has 2 N–H and O–H groups in total. The van der Waals surface area contributed by atoms with Crippen LogP contribution in [0.4, 0.5) is 11.4 Å². The van der Waals surface area contributed by atoms with Crippen molar-refractivity contribution in [1.82, 2.24) is 0 Å². The van der Waals surface area contributed by atoms with Gasteiger partial charge in [0.25, 0.3) is 0 Å². The Bertz CT molecular complexity index is 412. The maximum absolute atomic E-state index is 4.81. The van der Waals surface area contributed by atoms with E-state index >= 15 is 0 Å². The van der Waals surface area contributed by atoms with Gasteiger partial charge in [-0.25, -0.2) is 0 Å². The minimum absolute atomic E-state index is 0. The van der Waals surface area contributed by atoms with Gasteiger partial charge in [0.2, 0.25) is 0 Å². The summed E-state index contributed by atoms with van der Waals surface area (Å²) in [5, 5.41) is 5.79. The molecule has 0 unspecified atom stereocenters. The van der Waals surface area contributed by atoms with E-state index in [1.807, 2.05) is 25.1 Å². The summed E-state index contributed by atoms with van der Waals surface area (Å²) in [6.45, 7) is 1.96. The number of nitrogens with one attached hydrogen (secondary N) is 2. The van der Waals surface area contributed by atoms with Gasteiger partial charge in [0, 0.05) is 11.4 Å². The zero-order valence-corrected chi connectivity index (χ0v) is 17.1. The van der Waals surface area contributed by atoms with Crippen molar-refractivity contribution in [3.05, 3.63) is 23.8 Å². The van der Waals surface area contributed by atoms with Crippen molar-refractivity contribution in [2.75, 3.05) is 10.6 Å². The first kappa shape index (κ1) is 20.8. The molecule has 0 saturated carbocycles. The summed E-state index contributed by atoms with van der Waals surface area (Å²) in [4.78, 5) is 0. The van der Waals surface area contributed by atoms with Crippen molar-refractivity contribution in [3.8, 4) is 0 Å². The standard InChI is InChI=1S/C9H10N2S4.2Na/c1-5-2-3-6(10-8(12)13)4-7(5)11-9(14)15;;/h2-4H,1H3,(H2,10,12,13)(H2,11,14,15);;/q;2*+1/p-2. The molecule has 0 aliphatic carbocycles. The molecule has 0 fully saturated rings. The molecule has 2 nitrogen and oxygen atoms in total. The maximum Gasteiger partial charge on any atom is 1.00 e. The predicted octanol–water partition coefficient (Wildman–Crippen LogP) is -3.51. The van der Waals surface area contributed by atoms with Gasteiger partial charge in [-0.3, -0.25) is 0 Å². The number of hydrogen-bond acceptors (Lipinski definition) is 4. The second kappa shape index (κ2) is 10.3. The van der Waals surface area contributed by atoms with Gasteiger partial charge < -0.3 is 60.3 Å². The van der Waals surface area contributed by atoms with Crippen molar-refractivity contribution in [2.45, 2.75) is 6.92 Å². The third kappa shape index (κ3) is 8.26. The summed E-state index contributed by atoms with van der Waals surface area (Å²) < 4.78 is 0.627. The van der Waals surface area contributed by atoms with E-state index < -0.39 is 0 Å². The minimum atomic E-state index is 0. The zero-order chi connectivity index (χ0) is 11.4. The number of hydrogen-bond donors (Lipinski definition) is 2. The quantitative estimate of drug-likeness (QED) is 0.333. The van der Waals surface area contributed by atoms with Crippen LogP contribution in [0, 0.1) is 6.92 Å². The molecule has 17 heavy (non-hydrogen) atoms. The molecule has 0 aliphatic rings. The van der Waals surface area contributed by atoms with Crippen LogP contribution in [0.25, 0.3) is 0 Å². The first-order valence-electron chi connectivity index (χ1n) is 4.05. The van der Waals surface area contributed by atoms with Crippen LogP contribution in [0.15, 0.2) is 18.2 Å². The molecule has 80 valence electrons. The fraction of sp³-hybridized carbons (Fsp3) is 0.111. The molecule has 0 saturated heterocycles. The maximum atomic E-state index is 4.81. The Hall–Kier alpha value is 1.44. The van der Waals surface area contributed by atoms with Gasteiger partial charge in [0.1, 0.15) is 0 Å². The van der Waals surface area contributed by atoms with Crippen LogP contribution in [0.1, 0.15) is 5.56 Å². The van der Waals surface area contributed by atoms with E-state index in [-0.39, 0.29) is 59.1 Å². The second-order valence-corrected chi connectivity index (χ2v) is 5.00. The molecule has 0 atom stereocenters. The zero-order valence-electron chi connectivity index (χ0n) is 9.87. The van der Waals surface area contributed by atoms with Gasteiger partial charge in [0.15, 0.2) is 0 Å². The minimum Gasteiger partial charge on any atom is -0.411 e. The molecule has 0 radical (unpaired) electrons. The molecule has 1 aromatic carbocycles. The van der Waals surface area contributed by atoms with Gasteiger partial charge in [0.05, 0.1) is 0 Å². The van der Waals surface area contributed by atoms with Crippen molar-refractivity contribution < 1.29 is 59.1 Å². The number of aryl methyl sites for hydroxylation is 1. The van der Waals surface area contributed by atoms with Crippen LogP contribution in [-0.4, -0.2) is 8.64 Å². The van der Waals surface area contributed by atoms with E-state index in [1.54, 1.807) is 0 Å². The Labute approximate surface area is 167 Å². The Morgan fingerprint density at radius 1 is 1.06 bits per heavy atom. The van der Waals surface area contributed by atoms with Crippen LogP contribution in [0.5, 0.6) is 0 Å². The average molecular weight is 318 g/mol. The summed E-state index contributed by atoms with van der Waals surface area (Å²) in [7, 11) is 0. The van der Waals surface area contributed by atoms with Gasteiger partial charge in [-0.05, 0) is 24.6 Å². The first-order chi connectivity index (χ1) is 6.99. The summed E-state index contributed by atoms with van der Waals surface area (Å²) in [5.74, 6) is 0. The van der Waals surface area contributed by atoms with Crippen LogP contribution < -0.4 is 69.7 Å². The number of thiocarbonyl (C=S) groups is 2. The summed E-state index contributed by atoms with van der Waals surface area (Å²) in [6, 6.07) is 5.70. The molecule has 0 spiro atoms. The normalized spacial score (nSPS) is 8.29. The van der Waals surface area contributed by atoms with Gasteiger partial charge in [-0.1, -0.05) is 14.7 Å². The van der Waals surface area contributed by atoms with E-state index in [9.17, 15) is 0 Å². The fourth-order valence-corrected chi connectivity index (χ4v) is 1.52. The Kier molecular flexibility index (Phi) is 12.5. The SMILES string of the molecule is Cc1ccc(NC(=S)[S-])cc1NC(=S)[S-].[Na+].[Na+]. The molecule has 0 amide bonds. The van der Waals surface area contributed by atoms with Crippen molar-refractivity contribution in [2.24, 2.45) is 0 Å². The number of benzene rings is 1. The van der Waals surface area contributed by atoms with E-state index in [0.29, 0.717) is 8.64 Å². The molecule has 0 bridgehead atoms. The largest absolute Gasteiger partial charge is 1.00 e.